The Hall–Kier alpha value is -1.50. The summed E-state index contributed by atoms with van der Waals surface area (Å²) in [6.07, 6.45) is 3.78. The highest BCUT2D eigenvalue weighted by Gasteiger charge is 2.64. The Labute approximate surface area is 137 Å². The lowest BCUT2D eigenvalue weighted by Gasteiger charge is -2.30. The van der Waals surface area contributed by atoms with E-state index in [-0.39, 0.29) is 28.1 Å². The summed E-state index contributed by atoms with van der Waals surface area (Å²) < 4.78 is 0. The lowest BCUT2D eigenvalue weighted by Crippen LogP contribution is -2.36. The van der Waals surface area contributed by atoms with Gasteiger partial charge in [0.2, 0.25) is 0 Å². The second-order valence-corrected chi connectivity index (χ2v) is 8.82. The maximum Gasteiger partial charge on any atom is 0.295 e. The van der Waals surface area contributed by atoms with Gasteiger partial charge in [-0.2, -0.15) is 4.80 Å². The molecule has 126 valence electrons. The van der Waals surface area contributed by atoms with E-state index >= 15 is 0 Å². The van der Waals surface area contributed by atoms with Crippen LogP contribution in [0.2, 0.25) is 0 Å². The fraction of sp³-hybridized carbons (Fsp3) is 0.875. The topological polar surface area (TPSA) is 67.2 Å². The van der Waals surface area contributed by atoms with Crippen molar-refractivity contribution in [2.75, 3.05) is 33.2 Å². The van der Waals surface area contributed by atoms with Crippen LogP contribution in [0.1, 0.15) is 50.7 Å². The minimum absolute atomic E-state index is 0.0572. The van der Waals surface area contributed by atoms with E-state index in [1.54, 1.807) is 0 Å². The molecular weight excluding hydrogens is 292 g/mol. The first-order chi connectivity index (χ1) is 10.7. The summed E-state index contributed by atoms with van der Waals surface area (Å²) in [6.45, 7) is 9.92. The van der Waals surface area contributed by atoms with Crippen molar-refractivity contribution in [3.8, 4) is 0 Å². The molecule has 1 amide bonds. The van der Waals surface area contributed by atoms with Crippen molar-refractivity contribution in [2.24, 2.45) is 10.8 Å². The molecule has 7 heteroatoms. The van der Waals surface area contributed by atoms with Crippen LogP contribution in [0.4, 0.5) is 0 Å². The number of aromatic nitrogens is 4. The summed E-state index contributed by atoms with van der Waals surface area (Å²) in [6, 6.07) is 0. The fourth-order valence-electron chi connectivity index (χ4n) is 5.13. The zero-order chi connectivity index (χ0) is 16.5. The number of amides is 1. The third-order valence-corrected chi connectivity index (χ3v) is 6.06. The van der Waals surface area contributed by atoms with Gasteiger partial charge in [-0.05, 0) is 45.9 Å². The van der Waals surface area contributed by atoms with Crippen LogP contribution in [0.25, 0.3) is 0 Å². The summed E-state index contributed by atoms with van der Waals surface area (Å²) in [5.41, 5.74) is 0.318. The van der Waals surface area contributed by atoms with Gasteiger partial charge in [0.15, 0.2) is 0 Å². The van der Waals surface area contributed by atoms with Crippen LogP contribution >= 0.6 is 0 Å². The third kappa shape index (κ3) is 2.05. The molecule has 0 radical (unpaired) electrons. The van der Waals surface area contributed by atoms with Crippen molar-refractivity contribution in [3.05, 3.63) is 5.82 Å². The quantitative estimate of drug-likeness (QED) is 0.772. The van der Waals surface area contributed by atoms with Crippen molar-refractivity contribution >= 4 is 5.91 Å². The van der Waals surface area contributed by atoms with Crippen LogP contribution in [0, 0.1) is 10.8 Å². The van der Waals surface area contributed by atoms with Gasteiger partial charge in [0.1, 0.15) is 0 Å². The molecule has 7 nitrogen and oxygen atoms in total. The number of carbonyl (C=O) groups is 1. The highest BCUT2D eigenvalue weighted by atomic mass is 16.2. The van der Waals surface area contributed by atoms with Gasteiger partial charge in [-0.15, -0.1) is 10.2 Å². The molecule has 2 aliphatic heterocycles. The monoisotopic (exact) mass is 318 g/mol. The number of tetrazole rings is 1. The lowest BCUT2D eigenvalue weighted by molar-refractivity contribution is 0.0736. The molecular formula is C16H26N6O. The van der Waals surface area contributed by atoms with E-state index < -0.39 is 0 Å². The van der Waals surface area contributed by atoms with Gasteiger partial charge in [-0.1, -0.05) is 6.42 Å². The summed E-state index contributed by atoms with van der Waals surface area (Å²) in [5.74, 6) is 0.178. The first-order valence-corrected chi connectivity index (χ1v) is 8.53. The average molecular weight is 318 g/mol. The maximum atomic E-state index is 12.9. The Morgan fingerprint density at radius 2 is 1.70 bits per heavy atom. The molecule has 0 bridgehead atoms. The van der Waals surface area contributed by atoms with E-state index in [0.717, 1.165) is 26.2 Å². The number of carbonyl (C=O) groups excluding carboxylic acids is 1. The summed E-state index contributed by atoms with van der Waals surface area (Å²) >= 11 is 0. The van der Waals surface area contributed by atoms with Crippen LogP contribution in [-0.4, -0.2) is 69.1 Å². The molecule has 1 aromatic heterocycles. The number of likely N-dealkylation sites (tertiary alicyclic amines) is 2. The number of hydrogen-bond acceptors (Lipinski definition) is 5. The third-order valence-electron chi connectivity index (χ3n) is 6.06. The van der Waals surface area contributed by atoms with E-state index in [1.165, 1.54) is 24.1 Å². The minimum atomic E-state index is -0.260. The summed E-state index contributed by atoms with van der Waals surface area (Å²) in [5, 5.41) is 12.4. The highest BCUT2D eigenvalue weighted by Crippen LogP contribution is 2.61. The Kier molecular flexibility index (Phi) is 2.96. The molecule has 1 saturated carbocycles. The van der Waals surface area contributed by atoms with E-state index in [2.05, 4.69) is 27.4 Å². The van der Waals surface area contributed by atoms with Crippen molar-refractivity contribution in [2.45, 2.75) is 45.6 Å². The molecule has 3 fully saturated rings. The fourth-order valence-corrected chi connectivity index (χ4v) is 5.13. The molecule has 1 aliphatic carbocycles. The van der Waals surface area contributed by atoms with Crippen molar-refractivity contribution in [1.29, 1.82) is 0 Å². The van der Waals surface area contributed by atoms with Crippen molar-refractivity contribution in [1.82, 2.24) is 30.0 Å². The van der Waals surface area contributed by atoms with Gasteiger partial charge >= 0.3 is 0 Å². The van der Waals surface area contributed by atoms with Crippen LogP contribution in [0.15, 0.2) is 0 Å². The van der Waals surface area contributed by atoms with Gasteiger partial charge in [0.25, 0.3) is 11.7 Å². The Morgan fingerprint density at radius 3 is 2.22 bits per heavy atom. The molecule has 4 rings (SSSR count). The molecule has 2 saturated heterocycles. The van der Waals surface area contributed by atoms with E-state index in [1.807, 2.05) is 25.7 Å². The summed E-state index contributed by atoms with van der Waals surface area (Å²) in [7, 11) is 2.20. The molecule has 0 N–H and O–H groups in total. The number of rotatable bonds is 1. The zero-order valence-corrected chi connectivity index (χ0v) is 14.5. The number of hydrogen-bond donors (Lipinski definition) is 0. The predicted octanol–water partition coefficient (Wildman–Crippen LogP) is 0.986. The molecule has 3 heterocycles. The standard InChI is InChI=1S/C16H26N6O/c1-14(2,3)22-18-12(17-19-22)13(23)21-10-15-6-5-7-16(15,11-21)9-20(4)8-15/h5-11H2,1-4H3. The minimum Gasteiger partial charge on any atom is -0.335 e. The van der Waals surface area contributed by atoms with Gasteiger partial charge in [0, 0.05) is 37.0 Å². The Bertz CT molecular complexity index is 627. The van der Waals surface area contributed by atoms with E-state index in [9.17, 15) is 4.79 Å². The molecule has 2 unspecified atom stereocenters. The maximum absolute atomic E-state index is 12.9. The van der Waals surface area contributed by atoms with Crippen molar-refractivity contribution < 1.29 is 4.79 Å². The molecule has 0 spiro atoms. The average Bonchev–Trinajstić information content (AvgIpc) is 3.09. The molecule has 2 atom stereocenters. The predicted molar refractivity (Wildman–Crippen MR) is 84.9 cm³/mol. The Balaban J connectivity index is 1.57. The second kappa shape index (κ2) is 4.53. The first-order valence-electron chi connectivity index (χ1n) is 8.53. The Morgan fingerprint density at radius 1 is 1.09 bits per heavy atom. The number of nitrogens with zero attached hydrogens (tertiary/aromatic N) is 6. The SMILES string of the molecule is CN1CC23CCCC2(C1)CN(C(=O)c1nnn(C(C)(C)C)n1)C3. The van der Waals surface area contributed by atoms with Gasteiger partial charge < -0.3 is 9.80 Å². The largest absolute Gasteiger partial charge is 0.335 e. The molecule has 23 heavy (non-hydrogen) atoms. The van der Waals surface area contributed by atoms with E-state index in [0.29, 0.717) is 0 Å². The summed E-state index contributed by atoms with van der Waals surface area (Å²) in [4.78, 5) is 18.8. The molecule has 1 aromatic rings. The van der Waals surface area contributed by atoms with Crippen molar-refractivity contribution in [3.63, 3.8) is 0 Å². The second-order valence-electron chi connectivity index (χ2n) is 8.82. The van der Waals surface area contributed by atoms with Crippen LogP contribution < -0.4 is 0 Å². The highest BCUT2D eigenvalue weighted by molar-refractivity contribution is 5.90. The van der Waals surface area contributed by atoms with E-state index in [4.69, 9.17) is 0 Å². The molecule has 3 aliphatic rings. The molecule has 0 aromatic carbocycles. The van der Waals surface area contributed by atoms with Gasteiger partial charge in [-0.25, -0.2) is 0 Å². The normalized spacial score (nSPS) is 34.0. The first kappa shape index (κ1) is 15.1. The lowest BCUT2D eigenvalue weighted by atomic mass is 9.71. The smallest absolute Gasteiger partial charge is 0.295 e. The van der Waals surface area contributed by atoms with Gasteiger partial charge in [-0.3, -0.25) is 4.79 Å². The van der Waals surface area contributed by atoms with Crippen LogP contribution in [-0.2, 0) is 5.54 Å². The van der Waals surface area contributed by atoms with Gasteiger partial charge in [0.05, 0.1) is 5.54 Å². The van der Waals surface area contributed by atoms with Crippen LogP contribution in [0.5, 0.6) is 0 Å². The van der Waals surface area contributed by atoms with Crippen LogP contribution in [0.3, 0.4) is 0 Å². The zero-order valence-electron chi connectivity index (χ0n) is 14.5.